The molecule has 0 unspecified atom stereocenters. The molecule has 0 aliphatic rings. The summed E-state index contributed by atoms with van der Waals surface area (Å²) in [6, 6.07) is 0. The number of rotatable bonds is 4. The van der Waals surface area contributed by atoms with Crippen molar-refractivity contribution in [1.29, 1.82) is 0 Å². The number of ether oxygens (including phenoxy) is 1. The van der Waals surface area contributed by atoms with Crippen molar-refractivity contribution in [3.05, 3.63) is 16.5 Å². The molecule has 6 heteroatoms. The van der Waals surface area contributed by atoms with Crippen LogP contribution >= 0.6 is 23.2 Å². The predicted molar refractivity (Wildman–Crippen MR) is 49.2 cm³/mol. The van der Waals surface area contributed by atoms with Gasteiger partial charge in [0.2, 0.25) is 11.2 Å². The first-order valence-corrected chi connectivity index (χ1v) is 4.41. The summed E-state index contributed by atoms with van der Waals surface area (Å²) < 4.78 is 5.13. The molecule has 0 atom stereocenters. The van der Waals surface area contributed by atoms with Crippen LogP contribution in [0.3, 0.4) is 0 Å². The van der Waals surface area contributed by atoms with Gasteiger partial charge in [-0.15, -0.1) is 0 Å². The summed E-state index contributed by atoms with van der Waals surface area (Å²) in [6.07, 6.45) is 1.89. The lowest BCUT2D eigenvalue weighted by molar-refractivity contribution is 0.229. The Morgan fingerprint density at radius 1 is 1.46 bits per heavy atom. The van der Waals surface area contributed by atoms with Crippen molar-refractivity contribution in [3.63, 3.8) is 0 Å². The van der Waals surface area contributed by atoms with E-state index in [4.69, 9.17) is 33.0 Å². The molecule has 0 fully saturated rings. The molecule has 1 heterocycles. The molecular weight excluding hydrogens is 215 g/mol. The highest BCUT2D eigenvalue weighted by Gasteiger charge is 2.04. The first kappa shape index (κ1) is 10.5. The topological polar surface area (TPSA) is 55.2 Å². The van der Waals surface area contributed by atoms with E-state index < -0.39 is 0 Å². The fraction of sp³-hybridized carbons (Fsp3) is 0.429. The number of nitrogens with zero attached hydrogens (tertiary/aromatic N) is 2. The Labute approximate surface area is 85.5 Å². The van der Waals surface area contributed by atoms with Crippen molar-refractivity contribution < 1.29 is 9.84 Å². The number of hydrogen-bond donors (Lipinski definition) is 1. The monoisotopic (exact) mass is 222 g/mol. The maximum Gasteiger partial charge on any atom is 0.237 e. The summed E-state index contributed by atoms with van der Waals surface area (Å²) in [5.41, 5.74) is 0. The molecule has 4 nitrogen and oxygen atoms in total. The third-order valence-electron chi connectivity index (χ3n) is 1.22. The molecule has 0 bridgehead atoms. The average Bonchev–Trinajstić information content (AvgIpc) is 2.11. The Bertz CT molecular complexity index is 283. The van der Waals surface area contributed by atoms with Crippen molar-refractivity contribution >= 4 is 23.2 Å². The molecule has 72 valence electrons. The van der Waals surface area contributed by atoms with Crippen LogP contribution in [0, 0.1) is 0 Å². The number of aromatic nitrogens is 2. The van der Waals surface area contributed by atoms with Gasteiger partial charge in [-0.25, -0.2) is 4.98 Å². The molecule has 1 rings (SSSR count). The van der Waals surface area contributed by atoms with Gasteiger partial charge >= 0.3 is 0 Å². The summed E-state index contributed by atoms with van der Waals surface area (Å²) in [4.78, 5) is 7.42. The van der Waals surface area contributed by atoms with Crippen molar-refractivity contribution in [2.45, 2.75) is 6.42 Å². The van der Waals surface area contributed by atoms with E-state index in [0.29, 0.717) is 18.1 Å². The SMILES string of the molecule is OCCCOc1nc(Cl)ncc1Cl. The maximum atomic E-state index is 8.50. The van der Waals surface area contributed by atoms with E-state index >= 15 is 0 Å². The highest BCUT2D eigenvalue weighted by atomic mass is 35.5. The minimum atomic E-state index is 0.0659. The molecular formula is C7H8Cl2N2O2. The van der Waals surface area contributed by atoms with Crippen LogP contribution in [0.2, 0.25) is 10.3 Å². The molecule has 13 heavy (non-hydrogen) atoms. The Balaban J connectivity index is 2.59. The van der Waals surface area contributed by atoms with Crippen molar-refractivity contribution in [1.82, 2.24) is 9.97 Å². The quantitative estimate of drug-likeness (QED) is 0.621. The first-order valence-electron chi connectivity index (χ1n) is 3.65. The van der Waals surface area contributed by atoms with Crippen LogP contribution in [-0.4, -0.2) is 28.3 Å². The van der Waals surface area contributed by atoms with Crippen LogP contribution in [-0.2, 0) is 0 Å². The standard InChI is InChI=1S/C7H8Cl2N2O2/c8-5-4-10-7(9)11-6(5)13-3-1-2-12/h4,12H,1-3H2. The zero-order valence-corrected chi connectivity index (χ0v) is 8.22. The van der Waals surface area contributed by atoms with Gasteiger partial charge in [0.1, 0.15) is 5.02 Å². The normalized spacial score (nSPS) is 10.1. The fourth-order valence-electron chi connectivity index (χ4n) is 0.666. The van der Waals surface area contributed by atoms with E-state index in [1.54, 1.807) is 0 Å². The third kappa shape index (κ3) is 3.34. The van der Waals surface area contributed by atoms with Crippen LogP contribution in [0.4, 0.5) is 0 Å². The van der Waals surface area contributed by atoms with Crippen molar-refractivity contribution in [3.8, 4) is 5.88 Å². The highest BCUT2D eigenvalue weighted by Crippen LogP contribution is 2.21. The Kier molecular flexibility index (Phi) is 4.21. The zero-order chi connectivity index (χ0) is 9.68. The molecule has 0 saturated carbocycles. The molecule has 1 aromatic rings. The number of aliphatic hydroxyl groups excluding tert-OH is 1. The Morgan fingerprint density at radius 2 is 2.23 bits per heavy atom. The summed E-state index contributed by atoms with van der Waals surface area (Å²) >= 11 is 11.2. The zero-order valence-electron chi connectivity index (χ0n) is 6.70. The lowest BCUT2D eigenvalue weighted by Gasteiger charge is -2.04. The molecule has 0 aromatic carbocycles. The highest BCUT2D eigenvalue weighted by molar-refractivity contribution is 6.32. The summed E-state index contributed by atoms with van der Waals surface area (Å²) in [5, 5.41) is 8.89. The summed E-state index contributed by atoms with van der Waals surface area (Å²) in [6.45, 7) is 0.417. The van der Waals surface area contributed by atoms with Crippen molar-refractivity contribution in [2.75, 3.05) is 13.2 Å². The van der Waals surface area contributed by atoms with Gasteiger partial charge in [0.05, 0.1) is 12.8 Å². The second-order valence-electron chi connectivity index (χ2n) is 2.22. The van der Waals surface area contributed by atoms with Crippen LogP contribution < -0.4 is 4.74 Å². The predicted octanol–water partition coefficient (Wildman–Crippen LogP) is 1.54. The second kappa shape index (κ2) is 5.21. The molecule has 1 N–H and O–H groups in total. The van der Waals surface area contributed by atoms with Gasteiger partial charge in [-0.05, 0) is 11.6 Å². The van der Waals surface area contributed by atoms with E-state index in [1.807, 2.05) is 0 Å². The van der Waals surface area contributed by atoms with Gasteiger partial charge in [-0.2, -0.15) is 4.98 Å². The molecule has 0 spiro atoms. The van der Waals surface area contributed by atoms with E-state index in [0.717, 1.165) is 0 Å². The maximum absolute atomic E-state index is 8.50. The van der Waals surface area contributed by atoms with Gasteiger partial charge in [-0.3, -0.25) is 0 Å². The molecule has 0 radical (unpaired) electrons. The van der Waals surface area contributed by atoms with E-state index in [9.17, 15) is 0 Å². The minimum absolute atomic E-state index is 0.0659. The largest absolute Gasteiger partial charge is 0.476 e. The molecule has 0 aliphatic heterocycles. The van der Waals surface area contributed by atoms with Gasteiger partial charge in [0, 0.05) is 13.0 Å². The Morgan fingerprint density at radius 3 is 2.92 bits per heavy atom. The molecule has 0 amide bonds. The lowest BCUT2D eigenvalue weighted by Crippen LogP contribution is -2.02. The first-order chi connectivity index (χ1) is 6.24. The van der Waals surface area contributed by atoms with E-state index in [-0.39, 0.29) is 17.8 Å². The van der Waals surface area contributed by atoms with Gasteiger partial charge in [0.15, 0.2) is 0 Å². The average molecular weight is 223 g/mol. The molecule has 1 aromatic heterocycles. The number of aliphatic hydroxyl groups is 1. The van der Waals surface area contributed by atoms with Gasteiger partial charge < -0.3 is 9.84 Å². The summed E-state index contributed by atoms with van der Waals surface area (Å²) in [5.74, 6) is 0.245. The van der Waals surface area contributed by atoms with Crippen LogP contribution in [0.5, 0.6) is 5.88 Å². The second-order valence-corrected chi connectivity index (χ2v) is 2.96. The van der Waals surface area contributed by atoms with Crippen LogP contribution in [0.1, 0.15) is 6.42 Å². The van der Waals surface area contributed by atoms with Crippen LogP contribution in [0.25, 0.3) is 0 Å². The fourth-order valence-corrected chi connectivity index (χ4v) is 0.937. The van der Waals surface area contributed by atoms with Gasteiger partial charge in [-0.1, -0.05) is 11.6 Å². The van der Waals surface area contributed by atoms with Crippen LogP contribution in [0.15, 0.2) is 6.20 Å². The minimum Gasteiger partial charge on any atom is -0.476 e. The smallest absolute Gasteiger partial charge is 0.237 e. The molecule has 0 aliphatic carbocycles. The molecule has 0 saturated heterocycles. The van der Waals surface area contributed by atoms with Crippen molar-refractivity contribution in [2.24, 2.45) is 0 Å². The lowest BCUT2D eigenvalue weighted by atomic mass is 10.5. The summed E-state index contributed by atoms with van der Waals surface area (Å²) in [7, 11) is 0. The third-order valence-corrected chi connectivity index (χ3v) is 1.67. The number of halogens is 2. The Hall–Kier alpha value is -0.580. The van der Waals surface area contributed by atoms with E-state index in [2.05, 4.69) is 9.97 Å². The number of hydrogen-bond acceptors (Lipinski definition) is 4. The van der Waals surface area contributed by atoms with E-state index in [1.165, 1.54) is 6.20 Å². The van der Waals surface area contributed by atoms with Gasteiger partial charge in [0.25, 0.3) is 0 Å².